The molecule has 23 heavy (non-hydrogen) atoms. The number of benzene rings is 1. The van der Waals surface area contributed by atoms with Gasteiger partial charge in [0.1, 0.15) is 6.54 Å². The van der Waals surface area contributed by atoms with Gasteiger partial charge in [0.15, 0.2) is 0 Å². The van der Waals surface area contributed by atoms with Crippen LogP contribution in [0, 0.1) is 6.92 Å². The van der Waals surface area contributed by atoms with Gasteiger partial charge >= 0.3 is 5.97 Å². The summed E-state index contributed by atoms with van der Waals surface area (Å²) in [7, 11) is -0.963. The van der Waals surface area contributed by atoms with Gasteiger partial charge < -0.3 is 10.4 Å². The number of aromatic carboxylic acids is 1. The van der Waals surface area contributed by atoms with Crippen LogP contribution in [0.2, 0.25) is 0 Å². The summed E-state index contributed by atoms with van der Waals surface area (Å²) in [4.78, 5) is 22.8. The lowest BCUT2D eigenvalue weighted by Crippen LogP contribution is -2.20. The maximum Gasteiger partial charge on any atom is 0.338 e. The van der Waals surface area contributed by atoms with Crippen LogP contribution >= 0.6 is 0 Å². The van der Waals surface area contributed by atoms with Gasteiger partial charge in [0.25, 0.3) is 0 Å². The van der Waals surface area contributed by atoms with E-state index in [-0.39, 0.29) is 18.0 Å². The minimum absolute atomic E-state index is 0.0291. The van der Waals surface area contributed by atoms with E-state index in [0.29, 0.717) is 11.4 Å². The van der Waals surface area contributed by atoms with Crippen molar-refractivity contribution in [3.8, 4) is 0 Å². The molecule has 0 aliphatic heterocycles. The molecule has 0 bridgehead atoms. The summed E-state index contributed by atoms with van der Waals surface area (Å²) in [5.74, 6) is -0.980. The van der Waals surface area contributed by atoms with Crippen molar-refractivity contribution in [1.29, 1.82) is 0 Å². The monoisotopic (exact) mass is 335 g/mol. The fraction of sp³-hybridized carbons (Fsp3) is 0.267. The molecular formula is C15H17N3O4S. The molecule has 1 heterocycles. The quantitative estimate of drug-likeness (QED) is 0.831. The molecule has 0 saturated heterocycles. The van der Waals surface area contributed by atoms with Gasteiger partial charge in [0, 0.05) is 34.7 Å². The molecule has 1 unspecified atom stereocenters. The van der Waals surface area contributed by atoms with E-state index in [9.17, 15) is 13.8 Å². The zero-order valence-corrected chi connectivity index (χ0v) is 13.6. The van der Waals surface area contributed by atoms with E-state index in [2.05, 4.69) is 10.4 Å². The second kappa shape index (κ2) is 7.19. The molecule has 1 atom stereocenters. The first-order chi connectivity index (χ1) is 10.9. The number of nitrogens with zero attached hydrogens (tertiary/aromatic N) is 2. The summed E-state index contributed by atoms with van der Waals surface area (Å²) >= 11 is 0. The predicted octanol–water partition coefficient (Wildman–Crippen LogP) is 1.41. The summed E-state index contributed by atoms with van der Waals surface area (Å²) in [6.07, 6.45) is 4.12. The molecule has 0 saturated carbocycles. The lowest BCUT2D eigenvalue weighted by atomic mass is 10.1. The fourth-order valence-corrected chi connectivity index (χ4v) is 2.84. The van der Waals surface area contributed by atoms with Crippen molar-refractivity contribution in [2.24, 2.45) is 0 Å². The van der Waals surface area contributed by atoms with Crippen molar-refractivity contribution in [3.05, 3.63) is 47.3 Å². The summed E-state index contributed by atoms with van der Waals surface area (Å²) in [6.45, 7) is 1.77. The Kier molecular flexibility index (Phi) is 5.28. The third-order valence-electron chi connectivity index (χ3n) is 3.26. The van der Waals surface area contributed by atoms with Crippen molar-refractivity contribution in [2.45, 2.75) is 19.2 Å². The summed E-state index contributed by atoms with van der Waals surface area (Å²) in [5.41, 5.74) is 2.45. The molecule has 0 spiro atoms. The minimum atomic E-state index is -1.09. The molecular weight excluding hydrogens is 318 g/mol. The first-order valence-electron chi connectivity index (χ1n) is 6.81. The SMILES string of the molecule is Cc1c(CS(C)=O)cccc1NC(=O)Cn1cc(C(=O)O)cn1. The third kappa shape index (κ3) is 4.49. The molecule has 7 nitrogen and oxygen atoms in total. The van der Waals surface area contributed by atoms with Gasteiger partial charge in [0.2, 0.25) is 5.91 Å². The first kappa shape index (κ1) is 16.9. The van der Waals surface area contributed by atoms with Gasteiger partial charge in [-0.3, -0.25) is 13.7 Å². The maximum atomic E-state index is 12.1. The van der Waals surface area contributed by atoms with Gasteiger partial charge in [-0.15, -0.1) is 0 Å². The number of aromatic nitrogens is 2. The number of carboxylic acid groups (broad SMARTS) is 1. The molecule has 1 aromatic heterocycles. The average Bonchev–Trinajstić information content (AvgIpc) is 2.91. The van der Waals surface area contributed by atoms with E-state index in [4.69, 9.17) is 5.11 Å². The summed E-state index contributed by atoms with van der Waals surface area (Å²) in [6, 6.07) is 5.43. The normalized spacial score (nSPS) is 11.9. The molecule has 2 aromatic rings. The molecule has 8 heteroatoms. The molecule has 1 aromatic carbocycles. The second-order valence-corrected chi connectivity index (χ2v) is 6.52. The highest BCUT2D eigenvalue weighted by molar-refractivity contribution is 7.83. The van der Waals surface area contributed by atoms with Crippen LogP contribution in [0.4, 0.5) is 5.69 Å². The predicted molar refractivity (Wildman–Crippen MR) is 86.8 cm³/mol. The number of amides is 1. The molecule has 2 N–H and O–H groups in total. The van der Waals surface area contributed by atoms with Crippen LogP contribution in [0.3, 0.4) is 0 Å². The molecule has 122 valence electrons. The Morgan fingerprint density at radius 3 is 2.74 bits per heavy atom. The number of nitrogens with one attached hydrogen (secondary N) is 1. The van der Waals surface area contributed by atoms with Crippen LogP contribution in [0.15, 0.2) is 30.6 Å². The number of hydrogen-bond acceptors (Lipinski definition) is 4. The molecule has 0 aliphatic rings. The summed E-state index contributed by atoms with van der Waals surface area (Å²) in [5, 5.41) is 15.4. The number of anilines is 1. The molecule has 0 aliphatic carbocycles. The fourth-order valence-electron chi connectivity index (χ4n) is 2.09. The van der Waals surface area contributed by atoms with E-state index < -0.39 is 16.8 Å². The topological polar surface area (TPSA) is 101 Å². The minimum Gasteiger partial charge on any atom is -0.478 e. The Bertz CT molecular complexity index is 770. The number of hydrogen-bond donors (Lipinski definition) is 2. The Hall–Kier alpha value is -2.48. The molecule has 2 rings (SSSR count). The zero-order valence-electron chi connectivity index (χ0n) is 12.8. The van der Waals surface area contributed by atoms with E-state index in [1.807, 2.05) is 13.0 Å². The highest BCUT2D eigenvalue weighted by atomic mass is 32.2. The number of carbonyl (C=O) groups is 2. The second-order valence-electron chi connectivity index (χ2n) is 5.09. The largest absolute Gasteiger partial charge is 0.478 e. The third-order valence-corrected chi connectivity index (χ3v) is 3.98. The van der Waals surface area contributed by atoms with Gasteiger partial charge in [0.05, 0.1) is 11.8 Å². The Labute approximate surface area is 135 Å². The van der Waals surface area contributed by atoms with E-state index >= 15 is 0 Å². The van der Waals surface area contributed by atoms with Crippen molar-refractivity contribution in [1.82, 2.24) is 9.78 Å². The van der Waals surface area contributed by atoms with Gasteiger partial charge in [-0.25, -0.2) is 4.79 Å². The lowest BCUT2D eigenvalue weighted by molar-refractivity contribution is -0.116. The lowest BCUT2D eigenvalue weighted by Gasteiger charge is -2.12. The smallest absolute Gasteiger partial charge is 0.338 e. The van der Waals surface area contributed by atoms with Crippen LogP contribution in [0.25, 0.3) is 0 Å². The highest BCUT2D eigenvalue weighted by Crippen LogP contribution is 2.20. The standard InChI is InChI=1S/C15H17N3O4S/c1-10-11(9-23(2)22)4-3-5-13(10)17-14(19)8-18-7-12(6-16-18)15(20)21/h3-7H,8-9H2,1-2H3,(H,17,19)(H,20,21). The summed E-state index contributed by atoms with van der Waals surface area (Å²) < 4.78 is 12.6. The average molecular weight is 335 g/mol. The van der Waals surface area contributed by atoms with E-state index in [0.717, 1.165) is 11.1 Å². The molecule has 0 radical (unpaired) electrons. The zero-order chi connectivity index (χ0) is 17.0. The van der Waals surface area contributed by atoms with Crippen LogP contribution in [-0.4, -0.2) is 37.2 Å². The van der Waals surface area contributed by atoms with Gasteiger partial charge in [-0.05, 0) is 24.1 Å². The van der Waals surface area contributed by atoms with Crippen LogP contribution in [-0.2, 0) is 27.9 Å². The number of carbonyl (C=O) groups excluding carboxylic acids is 1. The molecule has 1 amide bonds. The van der Waals surface area contributed by atoms with Crippen molar-refractivity contribution < 1.29 is 18.9 Å². The Balaban J connectivity index is 2.07. The van der Waals surface area contributed by atoms with Crippen molar-refractivity contribution in [3.63, 3.8) is 0 Å². The van der Waals surface area contributed by atoms with Gasteiger partial charge in [-0.2, -0.15) is 5.10 Å². The Morgan fingerprint density at radius 2 is 2.13 bits per heavy atom. The van der Waals surface area contributed by atoms with E-state index in [1.54, 1.807) is 18.4 Å². The van der Waals surface area contributed by atoms with Gasteiger partial charge in [-0.1, -0.05) is 12.1 Å². The van der Waals surface area contributed by atoms with Crippen LogP contribution in [0.5, 0.6) is 0 Å². The van der Waals surface area contributed by atoms with E-state index in [1.165, 1.54) is 17.1 Å². The highest BCUT2D eigenvalue weighted by Gasteiger charge is 2.11. The van der Waals surface area contributed by atoms with Crippen molar-refractivity contribution in [2.75, 3.05) is 11.6 Å². The number of rotatable bonds is 6. The number of carboxylic acids is 1. The first-order valence-corrected chi connectivity index (χ1v) is 8.53. The van der Waals surface area contributed by atoms with Crippen LogP contribution in [0.1, 0.15) is 21.5 Å². The van der Waals surface area contributed by atoms with Crippen molar-refractivity contribution >= 4 is 28.4 Å². The Morgan fingerprint density at radius 1 is 1.39 bits per heavy atom. The van der Waals surface area contributed by atoms with Crippen LogP contribution < -0.4 is 5.32 Å². The maximum absolute atomic E-state index is 12.1. The molecule has 0 fully saturated rings.